The lowest BCUT2D eigenvalue weighted by molar-refractivity contribution is -0.788. The third kappa shape index (κ3) is 2.40. The van der Waals surface area contributed by atoms with Gasteiger partial charge in [-0.05, 0) is 27.7 Å². The Labute approximate surface area is 111 Å². The van der Waals surface area contributed by atoms with Gasteiger partial charge in [0.25, 0.3) is 5.82 Å². The fraction of sp³-hybridized carbons (Fsp3) is 0.583. The third-order valence-corrected chi connectivity index (χ3v) is 2.80. The minimum Gasteiger partial charge on any atom is -0.331 e. The van der Waals surface area contributed by atoms with Crippen molar-refractivity contribution in [2.24, 2.45) is 7.05 Å². The molecular formula is C12H19N6O+. The molecule has 0 aliphatic carbocycles. The highest BCUT2D eigenvalue weighted by Gasteiger charge is 2.24. The molecule has 7 heteroatoms. The normalized spacial score (nSPS) is 11.5. The molecule has 0 radical (unpaired) electrons. The number of rotatable bonds is 3. The van der Waals surface area contributed by atoms with E-state index in [-0.39, 0.29) is 17.8 Å². The lowest BCUT2D eigenvalue weighted by Gasteiger charge is -2.07. The second-order valence-corrected chi connectivity index (χ2v) is 5.04. The largest absolute Gasteiger partial charge is 0.540 e. The van der Waals surface area contributed by atoms with Crippen molar-refractivity contribution in [3.05, 3.63) is 22.9 Å². The summed E-state index contributed by atoms with van der Waals surface area (Å²) < 4.78 is 4.71. The van der Waals surface area contributed by atoms with E-state index in [1.165, 1.54) is 9.36 Å². The van der Waals surface area contributed by atoms with Crippen molar-refractivity contribution in [1.29, 1.82) is 0 Å². The Morgan fingerprint density at radius 2 is 1.95 bits per heavy atom. The van der Waals surface area contributed by atoms with Crippen LogP contribution in [-0.2, 0) is 7.05 Å². The van der Waals surface area contributed by atoms with Crippen molar-refractivity contribution in [3.8, 4) is 11.6 Å². The van der Waals surface area contributed by atoms with Crippen molar-refractivity contribution < 1.29 is 4.68 Å². The maximum atomic E-state index is 12.2. The second kappa shape index (κ2) is 4.91. The summed E-state index contributed by atoms with van der Waals surface area (Å²) in [5.41, 5.74) is -0.206. The highest BCUT2D eigenvalue weighted by atomic mass is 16.2. The van der Waals surface area contributed by atoms with E-state index >= 15 is 0 Å². The molecule has 102 valence electrons. The van der Waals surface area contributed by atoms with Crippen LogP contribution in [0.25, 0.3) is 11.6 Å². The molecule has 2 aromatic heterocycles. The summed E-state index contributed by atoms with van der Waals surface area (Å²) in [6, 6.07) is -0.0564. The van der Waals surface area contributed by atoms with Crippen LogP contribution >= 0.6 is 0 Å². The van der Waals surface area contributed by atoms with Gasteiger partial charge in [0.15, 0.2) is 5.82 Å². The fourth-order valence-corrected chi connectivity index (χ4v) is 1.76. The number of aromatic nitrogens is 6. The van der Waals surface area contributed by atoms with E-state index in [9.17, 15) is 4.79 Å². The summed E-state index contributed by atoms with van der Waals surface area (Å²) in [4.78, 5) is 16.5. The van der Waals surface area contributed by atoms with Gasteiger partial charge in [-0.3, -0.25) is 0 Å². The Morgan fingerprint density at radius 1 is 1.26 bits per heavy atom. The van der Waals surface area contributed by atoms with Gasteiger partial charge < -0.3 is 4.57 Å². The van der Waals surface area contributed by atoms with Crippen molar-refractivity contribution >= 4 is 0 Å². The zero-order valence-corrected chi connectivity index (χ0v) is 11.9. The van der Waals surface area contributed by atoms with Crippen molar-refractivity contribution in [2.45, 2.75) is 39.8 Å². The summed E-state index contributed by atoms with van der Waals surface area (Å²) in [7, 11) is 1.87. The monoisotopic (exact) mass is 263 g/mol. The minimum absolute atomic E-state index is 0.0282. The van der Waals surface area contributed by atoms with Gasteiger partial charge >= 0.3 is 5.69 Å². The molecule has 0 aliphatic rings. The van der Waals surface area contributed by atoms with Crippen LogP contribution in [0.15, 0.2) is 17.2 Å². The Bertz CT molecular complexity index is 608. The number of aryl methyl sites for hydroxylation is 1. The Hall–Kier alpha value is -2.05. The van der Waals surface area contributed by atoms with Crippen LogP contribution in [0.3, 0.4) is 0 Å². The molecule has 0 N–H and O–H groups in total. The van der Waals surface area contributed by atoms with E-state index in [0.717, 1.165) is 0 Å². The molecular weight excluding hydrogens is 244 g/mol. The van der Waals surface area contributed by atoms with E-state index in [1.807, 2.05) is 45.5 Å². The van der Waals surface area contributed by atoms with Gasteiger partial charge in [0, 0.05) is 19.4 Å². The maximum absolute atomic E-state index is 12.2. The van der Waals surface area contributed by atoms with Gasteiger partial charge in [-0.1, -0.05) is 19.6 Å². The maximum Gasteiger partial charge on any atom is 0.540 e. The average Bonchev–Trinajstić information content (AvgIpc) is 2.75. The second-order valence-electron chi connectivity index (χ2n) is 5.04. The molecule has 19 heavy (non-hydrogen) atoms. The predicted molar refractivity (Wildman–Crippen MR) is 69.5 cm³/mol. The van der Waals surface area contributed by atoms with E-state index in [2.05, 4.69) is 15.2 Å². The standard InChI is InChI=1S/C12H19N6O/c1-8(2)17-12(19)18(9(3)4)15-10(14-17)11-13-6-7-16(11)5/h6-9H,1-5H3/q+1. The number of imidazole rings is 1. The zero-order chi connectivity index (χ0) is 14.2. The van der Waals surface area contributed by atoms with Crippen LogP contribution < -0.4 is 10.4 Å². The van der Waals surface area contributed by atoms with Gasteiger partial charge in [0.2, 0.25) is 0 Å². The molecule has 0 amide bonds. The lowest BCUT2D eigenvalue weighted by atomic mass is 10.4. The Morgan fingerprint density at radius 3 is 2.42 bits per heavy atom. The van der Waals surface area contributed by atoms with Gasteiger partial charge in [-0.15, -0.1) is 0 Å². The average molecular weight is 263 g/mol. The molecule has 2 rings (SSSR count). The molecule has 0 unspecified atom stereocenters. The van der Waals surface area contributed by atoms with E-state index in [4.69, 9.17) is 0 Å². The van der Waals surface area contributed by atoms with Gasteiger partial charge in [-0.2, -0.15) is 4.79 Å². The topological polar surface area (TPSA) is 69.5 Å². The molecule has 2 aromatic rings. The summed E-state index contributed by atoms with van der Waals surface area (Å²) in [6.45, 7) is 7.67. The van der Waals surface area contributed by atoms with E-state index < -0.39 is 0 Å². The van der Waals surface area contributed by atoms with E-state index in [1.54, 1.807) is 6.20 Å². The van der Waals surface area contributed by atoms with Crippen LogP contribution in [0.2, 0.25) is 0 Å². The first-order valence-corrected chi connectivity index (χ1v) is 6.32. The summed E-state index contributed by atoms with van der Waals surface area (Å²) in [5, 5.41) is 8.61. The molecule has 0 aliphatic heterocycles. The SMILES string of the molecule is CC(C)n1nc(-c2nccn2C)n[n+](C(C)C)c1=O. The highest BCUT2D eigenvalue weighted by molar-refractivity contribution is 5.40. The van der Waals surface area contributed by atoms with Crippen LogP contribution in [0, 0.1) is 0 Å². The van der Waals surface area contributed by atoms with Crippen molar-refractivity contribution in [1.82, 2.24) is 24.4 Å². The third-order valence-electron chi connectivity index (χ3n) is 2.80. The van der Waals surface area contributed by atoms with Crippen molar-refractivity contribution in [2.75, 3.05) is 0 Å². The van der Waals surface area contributed by atoms with Gasteiger partial charge in [0.1, 0.15) is 12.1 Å². The Kier molecular flexibility index (Phi) is 3.46. The highest BCUT2D eigenvalue weighted by Crippen LogP contribution is 2.09. The molecule has 2 heterocycles. The van der Waals surface area contributed by atoms with E-state index in [0.29, 0.717) is 11.6 Å². The Balaban J connectivity index is 2.70. The van der Waals surface area contributed by atoms with Crippen LogP contribution in [0.4, 0.5) is 0 Å². The first kappa shape index (κ1) is 13.4. The zero-order valence-electron chi connectivity index (χ0n) is 11.9. The van der Waals surface area contributed by atoms with Crippen LogP contribution in [0.1, 0.15) is 39.8 Å². The summed E-state index contributed by atoms with van der Waals surface area (Å²) in [5.74, 6) is 1.10. The quantitative estimate of drug-likeness (QED) is 0.756. The summed E-state index contributed by atoms with van der Waals surface area (Å²) >= 11 is 0. The number of hydrogen-bond acceptors (Lipinski definition) is 4. The predicted octanol–water partition coefficient (Wildman–Crippen LogP) is 0.488. The number of nitrogens with zero attached hydrogens (tertiary/aromatic N) is 6. The van der Waals surface area contributed by atoms with Crippen molar-refractivity contribution in [3.63, 3.8) is 0 Å². The van der Waals surface area contributed by atoms with Gasteiger partial charge in [-0.25, -0.2) is 4.98 Å². The van der Waals surface area contributed by atoms with Crippen LogP contribution in [0.5, 0.6) is 0 Å². The first-order valence-electron chi connectivity index (χ1n) is 6.32. The molecule has 0 fully saturated rings. The molecule has 0 spiro atoms. The fourth-order valence-electron chi connectivity index (χ4n) is 1.76. The van der Waals surface area contributed by atoms with Crippen LogP contribution in [-0.4, -0.2) is 24.4 Å². The lowest BCUT2D eigenvalue weighted by Crippen LogP contribution is -2.59. The molecule has 7 nitrogen and oxygen atoms in total. The molecule has 0 bridgehead atoms. The van der Waals surface area contributed by atoms with Gasteiger partial charge in [0.05, 0.1) is 0 Å². The molecule has 0 atom stereocenters. The molecule has 0 saturated heterocycles. The first-order chi connectivity index (χ1) is 8.91. The molecule has 0 saturated carbocycles. The molecule has 0 aromatic carbocycles. The summed E-state index contributed by atoms with van der Waals surface area (Å²) in [6.07, 6.45) is 3.51. The smallest absolute Gasteiger partial charge is 0.331 e. The number of hydrogen-bond donors (Lipinski definition) is 0. The minimum atomic E-state index is -0.206.